The Bertz CT molecular complexity index is 1280. The molecule has 0 saturated heterocycles. The third kappa shape index (κ3) is 5.43. The van der Waals surface area contributed by atoms with Gasteiger partial charge in [0.05, 0.1) is 29.7 Å². The minimum absolute atomic E-state index is 0.0775. The van der Waals surface area contributed by atoms with Crippen molar-refractivity contribution in [3.8, 4) is 22.8 Å². The van der Waals surface area contributed by atoms with Crippen LogP contribution in [0.1, 0.15) is 48.6 Å². The summed E-state index contributed by atoms with van der Waals surface area (Å²) in [5.74, 6) is -0.279. The van der Waals surface area contributed by atoms with Gasteiger partial charge < -0.3 is 19.5 Å². The van der Waals surface area contributed by atoms with Crippen molar-refractivity contribution in [1.82, 2.24) is 34.5 Å². The van der Waals surface area contributed by atoms with Crippen LogP contribution in [-0.2, 0) is 11.3 Å². The highest BCUT2D eigenvalue weighted by Gasteiger charge is 2.23. The Balaban J connectivity index is 1.35. The van der Waals surface area contributed by atoms with Crippen LogP contribution in [-0.4, -0.2) is 50.2 Å². The Morgan fingerprint density at radius 1 is 1.20 bits per heavy atom. The molecule has 0 atom stereocenters. The van der Waals surface area contributed by atoms with Crippen molar-refractivity contribution in [1.29, 1.82) is 0 Å². The maximum atomic E-state index is 13.0. The van der Waals surface area contributed by atoms with Crippen LogP contribution < -0.4 is 5.32 Å². The average molecular weight is 498 g/mol. The Morgan fingerprint density at radius 3 is 2.83 bits per heavy atom. The summed E-state index contributed by atoms with van der Waals surface area (Å²) in [6, 6.07) is 0.275. The zero-order valence-corrected chi connectivity index (χ0v) is 19.5. The van der Waals surface area contributed by atoms with E-state index >= 15 is 0 Å². The third-order valence-corrected chi connectivity index (χ3v) is 6.00. The summed E-state index contributed by atoms with van der Waals surface area (Å²) in [6.07, 6.45) is 16.5. The summed E-state index contributed by atoms with van der Waals surface area (Å²) in [5, 5.41) is 11.6. The molecule has 1 saturated carbocycles. The molecule has 0 unspecified atom stereocenters. The molecule has 35 heavy (non-hydrogen) atoms. The number of hydrogen-bond donors (Lipinski definition) is 3. The van der Waals surface area contributed by atoms with Gasteiger partial charge in [0, 0.05) is 24.8 Å². The molecule has 0 spiro atoms. The Labute approximate surface area is 200 Å². The third-order valence-electron chi connectivity index (χ3n) is 5.66. The van der Waals surface area contributed by atoms with E-state index in [2.05, 4.69) is 25.4 Å². The van der Waals surface area contributed by atoms with Crippen molar-refractivity contribution < 1.29 is 23.5 Å². The van der Waals surface area contributed by atoms with Gasteiger partial charge in [0.25, 0.3) is 5.91 Å². The first-order valence-electron chi connectivity index (χ1n) is 11.0. The van der Waals surface area contributed by atoms with Gasteiger partial charge in [-0.3, -0.25) is 24.0 Å². The van der Waals surface area contributed by atoms with E-state index in [9.17, 15) is 4.79 Å². The summed E-state index contributed by atoms with van der Waals surface area (Å²) in [5.41, 5.74) is 2.18. The van der Waals surface area contributed by atoms with Gasteiger partial charge >= 0.3 is 8.60 Å². The molecule has 0 bridgehead atoms. The Kier molecular flexibility index (Phi) is 6.91. The number of nitrogens with one attached hydrogen (secondary N) is 1. The standard InChI is InChI=1S/C21H23N8O5P/c30-20(18-12-33-21(26-18)14-8-24-28(10-14)13-34-35(31)32)25-17-11-29(15-4-2-1-3-5-15)27-19(17)16-9-22-6-7-23-16/h6-12,15,31-32H,1-5,13H2,(H,25,30). The van der Waals surface area contributed by atoms with Crippen molar-refractivity contribution in [3.63, 3.8) is 0 Å². The molecular weight excluding hydrogens is 475 g/mol. The summed E-state index contributed by atoms with van der Waals surface area (Å²) in [4.78, 5) is 43.5. The lowest BCUT2D eigenvalue weighted by Gasteiger charge is -2.21. The van der Waals surface area contributed by atoms with E-state index in [-0.39, 0.29) is 24.4 Å². The molecule has 4 heterocycles. The van der Waals surface area contributed by atoms with Gasteiger partial charge in [-0.15, -0.1) is 0 Å². The first kappa shape index (κ1) is 23.2. The second kappa shape index (κ2) is 10.4. The average Bonchev–Trinajstić information content (AvgIpc) is 3.63. The molecule has 0 aromatic carbocycles. The number of oxazole rings is 1. The molecule has 3 N–H and O–H groups in total. The highest BCUT2D eigenvalue weighted by molar-refractivity contribution is 7.39. The summed E-state index contributed by atoms with van der Waals surface area (Å²) >= 11 is 0. The van der Waals surface area contributed by atoms with Gasteiger partial charge in [-0.05, 0) is 12.8 Å². The molecule has 0 aliphatic heterocycles. The van der Waals surface area contributed by atoms with E-state index in [1.807, 2.05) is 10.9 Å². The maximum absolute atomic E-state index is 13.0. The van der Waals surface area contributed by atoms with Crippen LogP contribution in [0.2, 0.25) is 0 Å². The van der Waals surface area contributed by atoms with Crippen molar-refractivity contribution in [3.05, 3.63) is 49.1 Å². The zero-order valence-electron chi connectivity index (χ0n) is 18.6. The van der Waals surface area contributed by atoms with Crippen molar-refractivity contribution >= 4 is 20.2 Å². The van der Waals surface area contributed by atoms with Crippen molar-refractivity contribution in [2.24, 2.45) is 0 Å². The SMILES string of the molecule is O=C(Nc1cn(C2CCCCC2)nc1-c1cnccn1)c1coc(-c2cnn(COP(O)O)c2)n1. The van der Waals surface area contributed by atoms with Gasteiger partial charge in [-0.1, -0.05) is 19.3 Å². The van der Waals surface area contributed by atoms with E-state index < -0.39 is 14.5 Å². The second-order valence-electron chi connectivity index (χ2n) is 8.03. The van der Waals surface area contributed by atoms with Crippen LogP contribution in [0.15, 0.2) is 47.9 Å². The van der Waals surface area contributed by atoms with Gasteiger partial charge in [-0.2, -0.15) is 10.2 Å². The van der Waals surface area contributed by atoms with Crippen LogP contribution >= 0.6 is 8.60 Å². The lowest BCUT2D eigenvalue weighted by molar-refractivity contribution is 0.102. The predicted molar refractivity (Wildman–Crippen MR) is 123 cm³/mol. The Morgan fingerprint density at radius 2 is 2.06 bits per heavy atom. The molecule has 4 aromatic heterocycles. The number of rotatable bonds is 8. The van der Waals surface area contributed by atoms with Crippen LogP contribution in [0.25, 0.3) is 22.8 Å². The summed E-state index contributed by atoms with van der Waals surface area (Å²) in [6.45, 7) is -0.150. The Hall–Kier alpha value is -3.51. The fourth-order valence-electron chi connectivity index (χ4n) is 3.98. The van der Waals surface area contributed by atoms with Gasteiger partial charge in [0.15, 0.2) is 5.69 Å². The van der Waals surface area contributed by atoms with E-state index in [1.165, 1.54) is 23.6 Å². The molecule has 4 aromatic rings. The van der Waals surface area contributed by atoms with Crippen LogP contribution in [0.3, 0.4) is 0 Å². The molecule has 14 heteroatoms. The molecule has 5 rings (SSSR count). The van der Waals surface area contributed by atoms with Crippen molar-refractivity contribution in [2.45, 2.75) is 44.9 Å². The fourth-order valence-corrected chi connectivity index (χ4v) is 4.20. The molecule has 1 aliphatic carbocycles. The van der Waals surface area contributed by atoms with E-state index in [0.29, 0.717) is 22.6 Å². The number of aromatic nitrogens is 7. The van der Waals surface area contributed by atoms with Crippen LogP contribution in [0.5, 0.6) is 0 Å². The topological polar surface area (TPSA) is 166 Å². The predicted octanol–water partition coefficient (Wildman–Crippen LogP) is 3.13. The maximum Gasteiger partial charge on any atom is 0.328 e. The molecule has 1 amide bonds. The number of hydrogen-bond acceptors (Lipinski definition) is 10. The normalized spacial score (nSPS) is 14.5. The molecule has 182 valence electrons. The lowest BCUT2D eigenvalue weighted by Crippen LogP contribution is -2.14. The quantitative estimate of drug-likeness (QED) is 0.307. The summed E-state index contributed by atoms with van der Waals surface area (Å²) < 4.78 is 13.4. The number of anilines is 1. The van der Waals surface area contributed by atoms with Gasteiger partial charge in [-0.25, -0.2) is 9.67 Å². The van der Waals surface area contributed by atoms with Crippen molar-refractivity contribution in [2.75, 3.05) is 5.32 Å². The van der Waals surface area contributed by atoms with Gasteiger partial charge in [0.1, 0.15) is 24.4 Å². The fraction of sp³-hybridized carbons (Fsp3) is 0.333. The first-order chi connectivity index (χ1) is 17.1. The molecule has 13 nitrogen and oxygen atoms in total. The van der Waals surface area contributed by atoms with E-state index in [0.717, 1.165) is 25.7 Å². The minimum Gasteiger partial charge on any atom is -0.444 e. The molecule has 0 radical (unpaired) electrons. The van der Waals surface area contributed by atoms with Gasteiger partial charge in [0.2, 0.25) is 5.89 Å². The number of carbonyl (C=O) groups excluding carboxylic acids is 1. The number of amides is 1. The van der Waals surface area contributed by atoms with Crippen LogP contribution in [0.4, 0.5) is 5.69 Å². The summed E-state index contributed by atoms with van der Waals surface area (Å²) in [7, 11) is -2.49. The zero-order chi connectivity index (χ0) is 24.2. The monoisotopic (exact) mass is 498 g/mol. The second-order valence-corrected chi connectivity index (χ2v) is 8.79. The highest BCUT2D eigenvalue weighted by Crippen LogP contribution is 2.32. The lowest BCUT2D eigenvalue weighted by atomic mass is 9.96. The van der Waals surface area contributed by atoms with E-state index in [4.69, 9.17) is 23.8 Å². The minimum atomic E-state index is -2.49. The molecule has 1 aliphatic rings. The first-order valence-corrected chi connectivity index (χ1v) is 12.2. The van der Waals surface area contributed by atoms with Crippen LogP contribution in [0, 0.1) is 0 Å². The molecule has 1 fully saturated rings. The number of carbonyl (C=O) groups is 1. The number of nitrogens with zero attached hydrogens (tertiary/aromatic N) is 7. The largest absolute Gasteiger partial charge is 0.444 e. The molecular formula is C21H23N8O5P. The highest BCUT2D eigenvalue weighted by atomic mass is 31.2. The smallest absolute Gasteiger partial charge is 0.328 e. The van der Waals surface area contributed by atoms with E-state index in [1.54, 1.807) is 24.8 Å².